The van der Waals surface area contributed by atoms with Crippen LogP contribution in [0.2, 0.25) is 0 Å². The van der Waals surface area contributed by atoms with E-state index in [4.69, 9.17) is 0 Å². The average molecular weight is 363 g/mol. The number of aryl methyl sites for hydroxylation is 2. The minimum atomic E-state index is -0.251. The highest BCUT2D eigenvalue weighted by Gasteiger charge is 2.16. The van der Waals surface area contributed by atoms with E-state index in [9.17, 15) is 9.59 Å². The number of hydrogen-bond acceptors (Lipinski definition) is 3. The van der Waals surface area contributed by atoms with Crippen molar-refractivity contribution in [1.29, 1.82) is 0 Å². The number of nitrogens with one attached hydrogen (secondary N) is 1. The molecule has 3 aromatic rings. The minimum Gasteiger partial charge on any atom is -0.352 e. The van der Waals surface area contributed by atoms with Gasteiger partial charge in [0.15, 0.2) is 0 Å². The topological polar surface area (TPSA) is 64.0 Å². The molecule has 0 aliphatic carbocycles. The highest BCUT2D eigenvalue weighted by atomic mass is 16.2. The van der Waals surface area contributed by atoms with Crippen LogP contribution in [0.3, 0.4) is 0 Å². The molecule has 0 fully saturated rings. The molecule has 0 aliphatic heterocycles. The molecule has 5 heteroatoms. The first-order valence-electron chi connectivity index (χ1n) is 9.27. The van der Waals surface area contributed by atoms with Gasteiger partial charge in [-0.25, -0.2) is 4.68 Å². The van der Waals surface area contributed by atoms with Gasteiger partial charge in [-0.2, -0.15) is 5.10 Å². The van der Waals surface area contributed by atoms with Crippen LogP contribution in [0.4, 0.5) is 0 Å². The number of fused-ring (bicyclic) bond motifs is 1. The quantitative estimate of drug-likeness (QED) is 0.753. The number of carbonyl (C=O) groups excluding carboxylic acids is 1. The predicted molar refractivity (Wildman–Crippen MR) is 109 cm³/mol. The van der Waals surface area contributed by atoms with E-state index in [-0.39, 0.29) is 24.1 Å². The van der Waals surface area contributed by atoms with Gasteiger partial charge in [-0.1, -0.05) is 42.8 Å². The van der Waals surface area contributed by atoms with Crippen molar-refractivity contribution in [2.45, 2.75) is 46.7 Å². The van der Waals surface area contributed by atoms with Gasteiger partial charge in [-0.3, -0.25) is 9.59 Å². The van der Waals surface area contributed by atoms with E-state index < -0.39 is 0 Å². The van der Waals surface area contributed by atoms with Gasteiger partial charge in [0.25, 0.3) is 5.56 Å². The molecule has 1 amide bonds. The molecular formula is C22H25N3O2. The van der Waals surface area contributed by atoms with E-state index in [1.165, 1.54) is 4.68 Å². The standard InChI is InChI=1S/C22H25N3O2/c1-5-16(4)23-20(26)13-25-22(27)18-9-7-6-8-17(18)21(24-25)19-12-14(2)10-11-15(19)3/h6-12,16H,5,13H2,1-4H3,(H,23,26)/t16-/m1/s1. The Labute approximate surface area is 159 Å². The molecule has 5 nitrogen and oxygen atoms in total. The van der Waals surface area contributed by atoms with Crippen LogP contribution in [0, 0.1) is 13.8 Å². The number of amides is 1. The Kier molecular flexibility index (Phi) is 5.40. The molecule has 1 heterocycles. The summed E-state index contributed by atoms with van der Waals surface area (Å²) in [5, 5.41) is 8.85. The largest absolute Gasteiger partial charge is 0.352 e. The lowest BCUT2D eigenvalue weighted by molar-refractivity contribution is -0.122. The van der Waals surface area contributed by atoms with Crippen molar-refractivity contribution in [3.05, 3.63) is 63.9 Å². The Hall–Kier alpha value is -2.95. The first-order valence-corrected chi connectivity index (χ1v) is 9.27. The Morgan fingerprint density at radius 2 is 1.85 bits per heavy atom. The molecule has 0 saturated heterocycles. The second-order valence-corrected chi connectivity index (χ2v) is 7.05. The van der Waals surface area contributed by atoms with Crippen LogP contribution in [0.25, 0.3) is 22.0 Å². The number of carbonyl (C=O) groups is 1. The maximum atomic E-state index is 12.9. The molecule has 0 radical (unpaired) electrons. The summed E-state index contributed by atoms with van der Waals surface area (Å²) >= 11 is 0. The minimum absolute atomic E-state index is 0.0622. The number of aromatic nitrogens is 2. The van der Waals surface area contributed by atoms with Crippen LogP contribution in [0.5, 0.6) is 0 Å². The number of nitrogens with zero attached hydrogens (tertiary/aromatic N) is 2. The first kappa shape index (κ1) is 18.8. The van der Waals surface area contributed by atoms with Crippen LogP contribution in [-0.2, 0) is 11.3 Å². The maximum Gasteiger partial charge on any atom is 0.275 e. The molecule has 1 atom stereocenters. The van der Waals surface area contributed by atoms with Crippen LogP contribution >= 0.6 is 0 Å². The molecular weight excluding hydrogens is 338 g/mol. The lowest BCUT2D eigenvalue weighted by Gasteiger charge is -2.15. The highest BCUT2D eigenvalue weighted by molar-refractivity contribution is 5.94. The predicted octanol–water partition coefficient (Wildman–Crippen LogP) is 3.60. The van der Waals surface area contributed by atoms with Gasteiger partial charge in [0, 0.05) is 17.0 Å². The first-order chi connectivity index (χ1) is 12.9. The molecule has 1 N–H and O–H groups in total. The summed E-state index contributed by atoms with van der Waals surface area (Å²) in [5.74, 6) is -0.207. The van der Waals surface area contributed by atoms with Gasteiger partial charge >= 0.3 is 0 Å². The normalized spacial score (nSPS) is 12.1. The summed E-state index contributed by atoms with van der Waals surface area (Å²) in [7, 11) is 0. The third-order valence-corrected chi connectivity index (χ3v) is 4.83. The Morgan fingerprint density at radius 3 is 2.56 bits per heavy atom. The Bertz CT molecular complexity index is 1050. The lowest BCUT2D eigenvalue weighted by atomic mass is 9.99. The van der Waals surface area contributed by atoms with Crippen molar-refractivity contribution < 1.29 is 4.79 Å². The molecule has 0 bridgehead atoms. The zero-order valence-corrected chi connectivity index (χ0v) is 16.2. The fourth-order valence-corrected chi connectivity index (χ4v) is 3.09. The second kappa shape index (κ2) is 7.74. The molecule has 3 rings (SSSR count). The molecule has 0 aliphatic rings. The Morgan fingerprint density at radius 1 is 1.15 bits per heavy atom. The molecule has 140 valence electrons. The van der Waals surface area contributed by atoms with Gasteiger partial charge in [0.2, 0.25) is 5.91 Å². The van der Waals surface area contributed by atoms with Crippen LogP contribution in [-0.4, -0.2) is 21.7 Å². The van der Waals surface area contributed by atoms with Crippen LogP contribution in [0.15, 0.2) is 47.3 Å². The van der Waals surface area contributed by atoms with Gasteiger partial charge < -0.3 is 5.32 Å². The summed E-state index contributed by atoms with van der Waals surface area (Å²) in [4.78, 5) is 25.2. The van der Waals surface area contributed by atoms with Crippen molar-refractivity contribution in [3.63, 3.8) is 0 Å². The van der Waals surface area contributed by atoms with Crippen molar-refractivity contribution in [3.8, 4) is 11.3 Å². The lowest BCUT2D eigenvalue weighted by Crippen LogP contribution is -2.38. The summed E-state index contributed by atoms with van der Waals surface area (Å²) in [6.07, 6.45) is 0.833. The van der Waals surface area contributed by atoms with Gasteiger partial charge in [-0.15, -0.1) is 0 Å². The highest BCUT2D eigenvalue weighted by Crippen LogP contribution is 2.28. The van der Waals surface area contributed by atoms with Gasteiger partial charge in [0.1, 0.15) is 6.54 Å². The summed E-state index contributed by atoms with van der Waals surface area (Å²) in [6.45, 7) is 7.91. The van der Waals surface area contributed by atoms with E-state index in [2.05, 4.69) is 22.5 Å². The molecule has 0 saturated carbocycles. The monoisotopic (exact) mass is 363 g/mol. The number of rotatable bonds is 5. The summed E-state index contributed by atoms with van der Waals surface area (Å²) in [5.41, 5.74) is 3.64. The second-order valence-electron chi connectivity index (χ2n) is 7.05. The third kappa shape index (κ3) is 3.92. The van der Waals surface area contributed by atoms with Crippen molar-refractivity contribution >= 4 is 16.7 Å². The van der Waals surface area contributed by atoms with E-state index >= 15 is 0 Å². The molecule has 27 heavy (non-hydrogen) atoms. The fraction of sp³-hybridized carbons (Fsp3) is 0.318. The van der Waals surface area contributed by atoms with Crippen molar-refractivity contribution in [1.82, 2.24) is 15.1 Å². The van der Waals surface area contributed by atoms with Crippen LogP contribution < -0.4 is 10.9 Å². The zero-order chi connectivity index (χ0) is 19.6. The van der Waals surface area contributed by atoms with Gasteiger partial charge in [-0.05, 0) is 44.9 Å². The SMILES string of the molecule is CC[C@@H](C)NC(=O)Cn1nc(-c2cc(C)ccc2C)c2ccccc2c1=O. The molecule has 1 aromatic heterocycles. The van der Waals surface area contributed by atoms with E-state index in [1.807, 2.05) is 52.0 Å². The van der Waals surface area contributed by atoms with Crippen LogP contribution in [0.1, 0.15) is 31.4 Å². The fourth-order valence-electron chi connectivity index (χ4n) is 3.09. The number of benzene rings is 2. The maximum absolute atomic E-state index is 12.9. The van der Waals surface area contributed by atoms with Crippen molar-refractivity contribution in [2.75, 3.05) is 0 Å². The Balaban J connectivity index is 2.16. The molecule has 0 spiro atoms. The van der Waals surface area contributed by atoms with E-state index in [0.29, 0.717) is 5.39 Å². The summed E-state index contributed by atoms with van der Waals surface area (Å²) < 4.78 is 1.27. The molecule has 2 aromatic carbocycles. The molecule has 0 unspecified atom stereocenters. The average Bonchev–Trinajstić information content (AvgIpc) is 2.66. The van der Waals surface area contributed by atoms with Gasteiger partial charge in [0.05, 0.1) is 11.1 Å². The zero-order valence-electron chi connectivity index (χ0n) is 16.2. The number of hydrogen-bond donors (Lipinski definition) is 1. The third-order valence-electron chi connectivity index (χ3n) is 4.83. The van der Waals surface area contributed by atoms with E-state index in [1.54, 1.807) is 6.07 Å². The van der Waals surface area contributed by atoms with Crippen molar-refractivity contribution in [2.24, 2.45) is 0 Å². The van der Waals surface area contributed by atoms with E-state index in [0.717, 1.165) is 34.2 Å². The summed E-state index contributed by atoms with van der Waals surface area (Å²) in [6, 6.07) is 13.7. The smallest absolute Gasteiger partial charge is 0.275 e.